The van der Waals surface area contributed by atoms with Crippen LogP contribution in [0.25, 0.3) is 0 Å². The Morgan fingerprint density at radius 1 is 1.42 bits per heavy atom. The second-order valence-corrected chi connectivity index (χ2v) is 3.23. The average Bonchev–Trinajstić information content (AvgIpc) is 2.49. The molecule has 1 saturated heterocycles. The van der Waals surface area contributed by atoms with Crippen LogP contribution in [0.3, 0.4) is 0 Å². The van der Waals surface area contributed by atoms with Gasteiger partial charge < -0.3 is 14.8 Å². The molecule has 2 rings (SSSR count). The zero-order valence-corrected chi connectivity index (χ0v) is 7.47. The van der Waals surface area contributed by atoms with Gasteiger partial charge in [-0.3, -0.25) is 0 Å². The van der Waals surface area contributed by atoms with E-state index in [2.05, 4.69) is 5.32 Å². The molecule has 1 aliphatic heterocycles. The minimum absolute atomic E-state index is 0.0598. The number of hydrogen-bond acceptors (Lipinski definition) is 3. The first-order valence-corrected chi connectivity index (χ1v) is 4.26. The molecule has 0 spiro atoms. The summed E-state index contributed by atoms with van der Waals surface area (Å²) in [7, 11) is 1.87. The summed E-state index contributed by atoms with van der Waals surface area (Å²) in [5, 5.41) is 3.02. The fourth-order valence-corrected chi connectivity index (χ4v) is 1.62. The topological polar surface area (TPSA) is 30.5 Å². The Morgan fingerprint density at radius 3 is 2.75 bits per heavy atom. The standard InChI is InChI=1S/C8H10ClNO2/c1-10-6-3-8-7(2-5(6)9)11-4-12-8/h2-3,5-6,10H,4H2,1H3. The number of nitrogens with one attached hydrogen (secondary N) is 1. The Bertz CT molecular complexity index is 249. The Balaban J connectivity index is 2.23. The molecule has 1 aliphatic carbocycles. The molecule has 2 aliphatic rings. The first kappa shape index (κ1) is 7.95. The van der Waals surface area contributed by atoms with Crippen molar-refractivity contribution in [2.24, 2.45) is 0 Å². The highest BCUT2D eigenvalue weighted by molar-refractivity contribution is 6.22. The van der Waals surface area contributed by atoms with E-state index in [1.54, 1.807) is 0 Å². The highest BCUT2D eigenvalue weighted by atomic mass is 35.5. The summed E-state index contributed by atoms with van der Waals surface area (Å²) in [5.41, 5.74) is 0. The first-order valence-electron chi connectivity index (χ1n) is 3.82. The van der Waals surface area contributed by atoms with Crippen molar-refractivity contribution >= 4 is 11.6 Å². The Hall–Kier alpha value is -0.670. The van der Waals surface area contributed by atoms with Gasteiger partial charge in [0.25, 0.3) is 0 Å². The average molecular weight is 188 g/mol. The predicted molar refractivity (Wildman–Crippen MR) is 45.7 cm³/mol. The van der Waals surface area contributed by atoms with E-state index in [4.69, 9.17) is 21.1 Å². The molecule has 12 heavy (non-hydrogen) atoms. The van der Waals surface area contributed by atoms with E-state index in [1.165, 1.54) is 0 Å². The first-order chi connectivity index (χ1) is 5.81. The number of alkyl halides is 1. The van der Waals surface area contributed by atoms with Crippen molar-refractivity contribution in [1.82, 2.24) is 5.32 Å². The zero-order valence-electron chi connectivity index (χ0n) is 6.71. The second-order valence-electron chi connectivity index (χ2n) is 2.73. The van der Waals surface area contributed by atoms with Crippen molar-refractivity contribution in [1.29, 1.82) is 0 Å². The zero-order chi connectivity index (χ0) is 8.55. The van der Waals surface area contributed by atoms with Crippen molar-refractivity contribution in [3.05, 3.63) is 23.7 Å². The molecule has 0 radical (unpaired) electrons. The third kappa shape index (κ3) is 1.19. The molecule has 0 bridgehead atoms. The van der Waals surface area contributed by atoms with E-state index < -0.39 is 0 Å². The van der Waals surface area contributed by atoms with Crippen LogP contribution in [-0.2, 0) is 9.47 Å². The number of hydrogen-bond donors (Lipinski definition) is 1. The lowest BCUT2D eigenvalue weighted by Gasteiger charge is -2.19. The largest absolute Gasteiger partial charge is 0.454 e. The molecule has 0 aromatic rings. The molecule has 0 aromatic heterocycles. The number of ether oxygens (including phenoxy) is 2. The molecule has 1 heterocycles. The van der Waals surface area contributed by atoms with Crippen molar-refractivity contribution in [3.63, 3.8) is 0 Å². The van der Waals surface area contributed by atoms with Gasteiger partial charge in [-0.15, -0.1) is 11.6 Å². The lowest BCUT2D eigenvalue weighted by atomic mass is 10.1. The molecule has 2 unspecified atom stereocenters. The minimum atomic E-state index is -0.0598. The monoisotopic (exact) mass is 187 g/mol. The Kier molecular flexibility index (Phi) is 1.98. The molecule has 0 saturated carbocycles. The quantitative estimate of drug-likeness (QED) is 0.621. The molecule has 4 heteroatoms. The predicted octanol–water partition coefficient (Wildman–Crippen LogP) is 0.967. The highest BCUT2D eigenvalue weighted by Crippen LogP contribution is 2.28. The normalized spacial score (nSPS) is 32.8. The van der Waals surface area contributed by atoms with Crippen LogP contribution in [0.2, 0.25) is 0 Å². The maximum Gasteiger partial charge on any atom is 0.231 e. The van der Waals surface area contributed by atoms with Crippen LogP contribution < -0.4 is 5.32 Å². The summed E-state index contributed by atoms with van der Waals surface area (Å²) in [6.45, 7) is 0.303. The van der Waals surface area contributed by atoms with E-state index in [0.717, 1.165) is 11.5 Å². The van der Waals surface area contributed by atoms with Gasteiger partial charge in [0, 0.05) is 6.04 Å². The summed E-state index contributed by atoms with van der Waals surface area (Å²) >= 11 is 6.03. The molecular weight excluding hydrogens is 178 g/mol. The van der Waals surface area contributed by atoms with Crippen LogP contribution in [0.1, 0.15) is 0 Å². The van der Waals surface area contributed by atoms with Crippen LogP contribution in [0.15, 0.2) is 23.7 Å². The van der Waals surface area contributed by atoms with Gasteiger partial charge >= 0.3 is 0 Å². The molecule has 66 valence electrons. The van der Waals surface area contributed by atoms with E-state index in [-0.39, 0.29) is 11.4 Å². The third-order valence-electron chi connectivity index (χ3n) is 1.99. The van der Waals surface area contributed by atoms with Gasteiger partial charge in [0.15, 0.2) is 11.5 Å². The minimum Gasteiger partial charge on any atom is -0.454 e. The van der Waals surface area contributed by atoms with Crippen LogP contribution in [0.5, 0.6) is 0 Å². The molecule has 0 aromatic carbocycles. The second kappa shape index (κ2) is 2.99. The molecular formula is C8H10ClNO2. The molecule has 1 fully saturated rings. The summed E-state index contributed by atoms with van der Waals surface area (Å²) in [5.74, 6) is 1.56. The van der Waals surface area contributed by atoms with Crippen molar-refractivity contribution in [3.8, 4) is 0 Å². The number of halogens is 1. The van der Waals surface area contributed by atoms with Crippen molar-refractivity contribution in [2.45, 2.75) is 11.4 Å². The number of likely N-dealkylation sites (N-methyl/N-ethyl adjacent to an activating group) is 1. The van der Waals surface area contributed by atoms with Crippen LogP contribution in [0, 0.1) is 0 Å². The molecule has 1 N–H and O–H groups in total. The lowest BCUT2D eigenvalue weighted by molar-refractivity contribution is 0.0977. The summed E-state index contributed by atoms with van der Waals surface area (Å²) in [6, 6.07) is 0.132. The van der Waals surface area contributed by atoms with E-state index in [1.807, 2.05) is 19.2 Å². The fourth-order valence-electron chi connectivity index (χ4n) is 1.31. The molecule has 2 atom stereocenters. The number of rotatable bonds is 1. The van der Waals surface area contributed by atoms with Crippen molar-refractivity contribution in [2.75, 3.05) is 13.8 Å². The van der Waals surface area contributed by atoms with Gasteiger partial charge in [0.05, 0.1) is 5.38 Å². The van der Waals surface area contributed by atoms with Crippen LogP contribution >= 0.6 is 11.6 Å². The maximum atomic E-state index is 6.03. The van der Waals surface area contributed by atoms with Gasteiger partial charge in [-0.05, 0) is 19.2 Å². The van der Waals surface area contributed by atoms with E-state index in [9.17, 15) is 0 Å². The highest BCUT2D eigenvalue weighted by Gasteiger charge is 2.27. The fraction of sp³-hybridized carbons (Fsp3) is 0.500. The molecule has 0 amide bonds. The van der Waals surface area contributed by atoms with Gasteiger partial charge in [-0.2, -0.15) is 0 Å². The van der Waals surface area contributed by atoms with Crippen LogP contribution in [-0.4, -0.2) is 25.3 Å². The summed E-state index contributed by atoms with van der Waals surface area (Å²) < 4.78 is 10.4. The van der Waals surface area contributed by atoms with Gasteiger partial charge in [0.2, 0.25) is 6.79 Å². The van der Waals surface area contributed by atoms with Gasteiger partial charge in [-0.1, -0.05) is 0 Å². The van der Waals surface area contributed by atoms with Gasteiger partial charge in [-0.25, -0.2) is 0 Å². The summed E-state index contributed by atoms with van der Waals surface area (Å²) in [4.78, 5) is 0. The summed E-state index contributed by atoms with van der Waals surface area (Å²) in [6.07, 6.45) is 3.81. The van der Waals surface area contributed by atoms with E-state index in [0.29, 0.717) is 6.79 Å². The lowest BCUT2D eigenvalue weighted by Crippen LogP contribution is -2.33. The Labute approximate surface area is 76.0 Å². The van der Waals surface area contributed by atoms with Crippen molar-refractivity contribution < 1.29 is 9.47 Å². The number of fused-ring (bicyclic) bond motifs is 1. The smallest absolute Gasteiger partial charge is 0.231 e. The maximum absolute atomic E-state index is 6.03. The molecule has 3 nitrogen and oxygen atoms in total. The third-order valence-corrected chi connectivity index (χ3v) is 2.39. The van der Waals surface area contributed by atoms with Gasteiger partial charge in [0.1, 0.15) is 0 Å². The Morgan fingerprint density at radius 2 is 2.08 bits per heavy atom. The van der Waals surface area contributed by atoms with Crippen LogP contribution in [0.4, 0.5) is 0 Å². The van der Waals surface area contributed by atoms with E-state index >= 15 is 0 Å². The SMILES string of the molecule is CNC1C=C2OCOC2=CC1Cl.